The van der Waals surface area contributed by atoms with Gasteiger partial charge in [-0.2, -0.15) is 0 Å². The van der Waals surface area contributed by atoms with Crippen molar-refractivity contribution < 1.29 is 0 Å². The molecule has 46 heavy (non-hydrogen) atoms. The Morgan fingerprint density at radius 1 is 0.348 bits per heavy atom. The fourth-order valence-corrected chi connectivity index (χ4v) is 6.64. The first-order chi connectivity index (χ1) is 22.8. The Bertz CT molecular complexity index is 2490. The summed E-state index contributed by atoms with van der Waals surface area (Å²) in [5.41, 5.74) is 9.21. The molecule has 0 bridgehead atoms. The van der Waals surface area contributed by atoms with Gasteiger partial charge in [0.25, 0.3) is 0 Å². The van der Waals surface area contributed by atoms with Gasteiger partial charge in [-0.05, 0) is 67.7 Å². The number of hydrogen-bond donors (Lipinski definition) is 0. The molecular formula is C43H27N3. The molecule has 0 aliphatic heterocycles. The van der Waals surface area contributed by atoms with Crippen LogP contribution in [0.2, 0.25) is 0 Å². The third-order valence-corrected chi connectivity index (χ3v) is 8.90. The van der Waals surface area contributed by atoms with Gasteiger partial charge in [0.15, 0.2) is 5.82 Å². The average Bonchev–Trinajstić information content (AvgIpc) is 3.14. The normalized spacial score (nSPS) is 11.5. The Hall–Kier alpha value is -6.19. The monoisotopic (exact) mass is 585 g/mol. The summed E-state index contributed by atoms with van der Waals surface area (Å²) in [7, 11) is 0. The Morgan fingerprint density at radius 3 is 1.72 bits per heavy atom. The third kappa shape index (κ3) is 4.49. The van der Waals surface area contributed by atoms with Crippen LogP contribution in [0.4, 0.5) is 0 Å². The molecule has 2 heterocycles. The van der Waals surface area contributed by atoms with Gasteiger partial charge in [-0.3, -0.25) is 4.98 Å². The zero-order chi connectivity index (χ0) is 30.5. The van der Waals surface area contributed by atoms with Gasteiger partial charge in [0.2, 0.25) is 0 Å². The molecule has 0 aliphatic rings. The van der Waals surface area contributed by atoms with Crippen molar-refractivity contribution in [1.29, 1.82) is 0 Å². The van der Waals surface area contributed by atoms with Crippen LogP contribution in [-0.2, 0) is 0 Å². The maximum atomic E-state index is 5.06. The predicted octanol–water partition coefficient (Wildman–Crippen LogP) is 11.1. The Labute approximate surface area is 266 Å². The van der Waals surface area contributed by atoms with E-state index in [0.717, 1.165) is 39.3 Å². The maximum absolute atomic E-state index is 5.06. The molecule has 0 aliphatic carbocycles. The lowest BCUT2D eigenvalue weighted by Crippen LogP contribution is -1.96. The SMILES string of the molecule is c1ccc(-c2nc(-c3ccc(-c4ccc5ccc6cccc7ccc4c5c67)cc3)cc(-c3cccc(-c4ccccn4)c3)n2)cc1. The van der Waals surface area contributed by atoms with E-state index in [2.05, 4.69) is 126 Å². The van der Waals surface area contributed by atoms with E-state index in [1.54, 1.807) is 0 Å². The van der Waals surface area contributed by atoms with E-state index in [0.29, 0.717) is 5.82 Å². The zero-order valence-electron chi connectivity index (χ0n) is 24.9. The maximum Gasteiger partial charge on any atom is 0.160 e. The lowest BCUT2D eigenvalue weighted by Gasteiger charge is -2.14. The Balaban J connectivity index is 1.15. The fraction of sp³-hybridized carbons (Fsp3) is 0. The van der Waals surface area contributed by atoms with Crippen molar-refractivity contribution in [2.45, 2.75) is 0 Å². The Kier molecular flexibility index (Phi) is 6.14. The van der Waals surface area contributed by atoms with Crippen molar-refractivity contribution >= 4 is 32.3 Å². The summed E-state index contributed by atoms with van der Waals surface area (Å²) in [5.74, 6) is 0.701. The van der Waals surface area contributed by atoms with Crippen molar-refractivity contribution in [3.05, 3.63) is 164 Å². The highest BCUT2D eigenvalue weighted by Gasteiger charge is 2.14. The third-order valence-electron chi connectivity index (χ3n) is 8.90. The summed E-state index contributed by atoms with van der Waals surface area (Å²) in [6, 6.07) is 55.5. The van der Waals surface area contributed by atoms with Crippen LogP contribution < -0.4 is 0 Å². The molecule has 0 fully saturated rings. The second kappa shape index (κ2) is 10.8. The highest BCUT2D eigenvalue weighted by molar-refractivity contribution is 6.25. The van der Waals surface area contributed by atoms with E-state index in [4.69, 9.17) is 9.97 Å². The first-order valence-corrected chi connectivity index (χ1v) is 15.5. The minimum absolute atomic E-state index is 0.701. The lowest BCUT2D eigenvalue weighted by atomic mass is 9.89. The summed E-state index contributed by atoms with van der Waals surface area (Å²) in [5, 5.41) is 7.78. The summed E-state index contributed by atoms with van der Waals surface area (Å²) in [4.78, 5) is 14.7. The van der Waals surface area contributed by atoms with Crippen LogP contribution in [0.1, 0.15) is 0 Å². The molecule has 9 aromatic rings. The van der Waals surface area contributed by atoms with Gasteiger partial charge < -0.3 is 0 Å². The molecule has 0 unspecified atom stereocenters. The standard InChI is InChI=1S/C43H27N3/c1-2-8-33(9-3-1)43-45-39(27-40(46-43)35-13-7-12-34(26-35)38-14-4-5-25-44-38)29-17-15-28(16-18-29)36-23-21-32-20-19-30-10-6-11-31-22-24-37(36)42(32)41(30)31/h1-27H. The minimum Gasteiger partial charge on any atom is -0.256 e. The number of hydrogen-bond acceptors (Lipinski definition) is 3. The molecule has 0 saturated heterocycles. The highest BCUT2D eigenvalue weighted by atomic mass is 14.9. The lowest BCUT2D eigenvalue weighted by molar-refractivity contribution is 1.18. The molecule has 214 valence electrons. The van der Waals surface area contributed by atoms with E-state index in [1.165, 1.54) is 43.4 Å². The van der Waals surface area contributed by atoms with Crippen LogP contribution in [-0.4, -0.2) is 15.0 Å². The van der Waals surface area contributed by atoms with Gasteiger partial charge in [0, 0.05) is 28.5 Å². The van der Waals surface area contributed by atoms with Crippen LogP contribution in [0.25, 0.3) is 88.6 Å². The van der Waals surface area contributed by atoms with E-state index in [9.17, 15) is 0 Å². The molecular weight excluding hydrogens is 558 g/mol. The number of aromatic nitrogens is 3. The van der Waals surface area contributed by atoms with Crippen molar-refractivity contribution in [3.8, 4) is 56.3 Å². The predicted molar refractivity (Wildman–Crippen MR) is 191 cm³/mol. The molecule has 0 N–H and O–H groups in total. The number of rotatable bonds is 5. The van der Waals surface area contributed by atoms with Gasteiger partial charge in [-0.1, -0.05) is 133 Å². The Morgan fingerprint density at radius 2 is 0.957 bits per heavy atom. The summed E-state index contributed by atoms with van der Waals surface area (Å²) in [6.07, 6.45) is 1.82. The summed E-state index contributed by atoms with van der Waals surface area (Å²) in [6.45, 7) is 0. The molecule has 2 aromatic heterocycles. The van der Waals surface area contributed by atoms with Crippen LogP contribution in [0, 0.1) is 0 Å². The van der Waals surface area contributed by atoms with E-state index < -0.39 is 0 Å². The first kappa shape index (κ1) is 26.2. The molecule has 3 heteroatoms. The van der Waals surface area contributed by atoms with E-state index in [-0.39, 0.29) is 0 Å². The molecule has 0 amide bonds. The van der Waals surface area contributed by atoms with Crippen LogP contribution in [0.15, 0.2) is 164 Å². The van der Waals surface area contributed by atoms with Crippen molar-refractivity contribution in [3.63, 3.8) is 0 Å². The van der Waals surface area contributed by atoms with E-state index >= 15 is 0 Å². The van der Waals surface area contributed by atoms with Gasteiger partial charge in [-0.15, -0.1) is 0 Å². The fourth-order valence-electron chi connectivity index (χ4n) is 6.64. The second-order valence-electron chi connectivity index (χ2n) is 11.7. The largest absolute Gasteiger partial charge is 0.256 e. The number of benzene rings is 7. The highest BCUT2D eigenvalue weighted by Crippen LogP contribution is 2.39. The van der Waals surface area contributed by atoms with Gasteiger partial charge in [0.05, 0.1) is 17.1 Å². The minimum atomic E-state index is 0.701. The molecule has 9 rings (SSSR count). The molecule has 0 radical (unpaired) electrons. The van der Waals surface area contributed by atoms with Crippen LogP contribution in [0.5, 0.6) is 0 Å². The van der Waals surface area contributed by atoms with Crippen molar-refractivity contribution in [1.82, 2.24) is 15.0 Å². The topological polar surface area (TPSA) is 38.7 Å². The van der Waals surface area contributed by atoms with Crippen molar-refractivity contribution in [2.24, 2.45) is 0 Å². The van der Waals surface area contributed by atoms with Crippen LogP contribution >= 0.6 is 0 Å². The quantitative estimate of drug-likeness (QED) is 0.189. The first-order valence-electron chi connectivity index (χ1n) is 15.5. The summed E-state index contributed by atoms with van der Waals surface area (Å²) < 4.78 is 0. The van der Waals surface area contributed by atoms with Crippen LogP contribution in [0.3, 0.4) is 0 Å². The second-order valence-corrected chi connectivity index (χ2v) is 11.7. The molecule has 3 nitrogen and oxygen atoms in total. The number of pyridine rings is 1. The molecule has 0 atom stereocenters. The average molecular weight is 586 g/mol. The van der Waals surface area contributed by atoms with Crippen molar-refractivity contribution in [2.75, 3.05) is 0 Å². The number of nitrogens with zero attached hydrogens (tertiary/aromatic N) is 3. The molecule has 0 spiro atoms. The zero-order valence-corrected chi connectivity index (χ0v) is 24.9. The molecule has 7 aromatic carbocycles. The van der Waals surface area contributed by atoms with Gasteiger partial charge >= 0.3 is 0 Å². The van der Waals surface area contributed by atoms with Gasteiger partial charge in [-0.25, -0.2) is 9.97 Å². The smallest absolute Gasteiger partial charge is 0.160 e. The molecule has 0 saturated carbocycles. The van der Waals surface area contributed by atoms with E-state index in [1.807, 2.05) is 42.6 Å². The van der Waals surface area contributed by atoms with Gasteiger partial charge in [0.1, 0.15) is 0 Å². The summed E-state index contributed by atoms with van der Waals surface area (Å²) >= 11 is 0.